The highest BCUT2D eigenvalue weighted by Gasteiger charge is 2.40. The lowest BCUT2D eigenvalue weighted by atomic mass is 9.90. The second-order valence-electron chi connectivity index (χ2n) is 9.53. The van der Waals surface area contributed by atoms with Crippen LogP contribution >= 0.6 is 0 Å². The van der Waals surface area contributed by atoms with Crippen LogP contribution in [-0.4, -0.2) is 32.9 Å². The van der Waals surface area contributed by atoms with Crippen molar-refractivity contribution in [2.45, 2.75) is 51.4 Å². The third kappa shape index (κ3) is 5.10. The lowest BCUT2D eigenvalue weighted by Crippen LogP contribution is -2.42. The smallest absolute Gasteiger partial charge is 0.191 e. The summed E-state index contributed by atoms with van der Waals surface area (Å²) < 4.78 is 6.64. The van der Waals surface area contributed by atoms with Crippen LogP contribution in [0.2, 0.25) is 18.1 Å². The lowest BCUT2D eigenvalue weighted by molar-refractivity contribution is 0.215. The molecule has 2 aromatic carbocycles. The van der Waals surface area contributed by atoms with Crippen LogP contribution in [0.3, 0.4) is 0 Å². The predicted octanol–water partition coefficient (Wildman–Crippen LogP) is 5.92. The Kier molecular flexibility index (Phi) is 6.24. The molecule has 0 unspecified atom stereocenters. The molecule has 0 radical (unpaired) electrons. The summed E-state index contributed by atoms with van der Waals surface area (Å²) in [7, 11) is -1.72. The van der Waals surface area contributed by atoms with Crippen LogP contribution in [0.1, 0.15) is 37.8 Å². The van der Waals surface area contributed by atoms with E-state index in [-0.39, 0.29) is 5.04 Å². The van der Waals surface area contributed by atoms with Crippen molar-refractivity contribution in [2.75, 3.05) is 19.7 Å². The highest BCUT2D eigenvalue weighted by molar-refractivity contribution is 6.74. The Morgan fingerprint density at radius 3 is 2.11 bits per heavy atom. The fourth-order valence-electron chi connectivity index (χ4n) is 3.71. The first-order chi connectivity index (χ1) is 12.8. The van der Waals surface area contributed by atoms with Gasteiger partial charge in [0.15, 0.2) is 8.32 Å². The quantitative estimate of drug-likeness (QED) is 0.576. The SMILES string of the molecule is CC(C)(C)[Si](C)(C)OC[C@H]1CN(Cc2ccccc2)C[C@@H]1c1ccccc1. The molecule has 146 valence electrons. The van der Waals surface area contributed by atoms with E-state index in [1.54, 1.807) is 0 Å². The summed E-state index contributed by atoms with van der Waals surface area (Å²) >= 11 is 0. The van der Waals surface area contributed by atoms with Crippen molar-refractivity contribution < 1.29 is 4.43 Å². The maximum absolute atomic E-state index is 6.64. The van der Waals surface area contributed by atoms with Crippen LogP contribution < -0.4 is 0 Å². The molecule has 2 aromatic rings. The van der Waals surface area contributed by atoms with Crippen molar-refractivity contribution in [2.24, 2.45) is 5.92 Å². The van der Waals surface area contributed by atoms with Gasteiger partial charge >= 0.3 is 0 Å². The van der Waals surface area contributed by atoms with E-state index < -0.39 is 8.32 Å². The first-order valence-corrected chi connectivity index (χ1v) is 13.1. The van der Waals surface area contributed by atoms with Gasteiger partial charge in [-0.3, -0.25) is 4.90 Å². The molecule has 3 heteroatoms. The molecule has 0 amide bonds. The summed E-state index contributed by atoms with van der Waals surface area (Å²) in [4.78, 5) is 2.60. The van der Waals surface area contributed by atoms with Gasteiger partial charge in [-0.1, -0.05) is 81.4 Å². The Morgan fingerprint density at radius 2 is 1.52 bits per heavy atom. The van der Waals surface area contributed by atoms with E-state index in [4.69, 9.17) is 4.43 Å². The summed E-state index contributed by atoms with van der Waals surface area (Å²) in [5.74, 6) is 1.12. The van der Waals surface area contributed by atoms with Crippen LogP contribution in [0.15, 0.2) is 60.7 Å². The minimum atomic E-state index is -1.72. The summed E-state index contributed by atoms with van der Waals surface area (Å²) in [6.07, 6.45) is 0. The Morgan fingerprint density at radius 1 is 0.926 bits per heavy atom. The molecule has 1 aliphatic heterocycles. The van der Waals surface area contributed by atoms with Crippen molar-refractivity contribution in [3.8, 4) is 0 Å². The number of hydrogen-bond acceptors (Lipinski definition) is 2. The Hall–Kier alpha value is -1.42. The molecule has 1 fully saturated rings. The molecule has 0 aromatic heterocycles. The van der Waals surface area contributed by atoms with Gasteiger partial charge in [0, 0.05) is 38.1 Å². The van der Waals surface area contributed by atoms with Gasteiger partial charge in [0.25, 0.3) is 0 Å². The van der Waals surface area contributed by atoms with Crippen LogP contribution in [0.25, 0.3) is 0 Å². The number of nitrogens with zero attached hydrogens (tertiary/aromatic N) is 1. The highest BCUT2D eigenvalue weighted by Crippen LogP contribution is 2.39. The number of benzene rings is 2. The first kappa shape index (κ1) is 20.3. The van der Waals surface area contributed by atoms with E-state index in [9.17, 15) is 0 Å². The van der Waals surface area contributed by atoms with Crippen molar-refractivity contribution in [1.29, 1.82) is 0 Å². The normalized spacial score (nSPS) is 21.5. The fourth-order valence-corrected chi connectivity index (χ4v) is 4.77. The zero-order valence-corrected chi connectivity index (χ0v) is 18.6. The first-order valence-electron chi connectivity index (χ1n) is 10.2. The average molecular weight is 382 g/mol. The molecule has 0 aliphatic carbocycles. The van der Waals surface area contributed by atoms with E-state index in [2.05, 4.69) is 99.4 Å². The molecule has 2 nitrogen and oxygen atoms in total. The van der Waals surface area contributed by atoms with Gasteiger partial charge in [-0.05, 0) is 29.3 Å². The number of likely N-dealkylation sites (tertiary alicyclic amines) is 1. The van der Waals surface area contributed by atoms with Gasteiger partial charge in [0.2, 0.25) is 0 Å². The Balaban J connectivity index is 1.72. The maximum Gasteiger partial charge on any atom is 0.191 e. The fraction of sp³-hybridized carbons (Fsp3) is 0.500. The maximum atomic E-state index is 6.64. The summed E-state index contributed by atoms with van der Waals surface area (Å²) in [5.41, 5.74) is 2.85. The number of rotatable bonds is 6. The molecule has 0 bridgehead atoms. The third-order valence-electron chi connectivity index (χ3n) is 6.46. The highest BCUT2D eigenvalue weighted by atomic mass is 28.4. The number of hydrogen-bond donors (Lipinski definition) is 0. The minimum absolute atomic E-state index is 0.261. The molecule has 1 saturated heterocycles. The van der Waals surface area contributed by atoms with E-state index >= 15 is 0 Å². The van der Waals surface area contributed by atoms with Gasteiger partial charge in [0.1, 0.15) is 0 Å². The third-order valence-corrected chi connectivity index (χ3v) is 11.0. The molecule has 2 atom stereocenters. The van der Waals surface area contributed by atoms with Crippen LogP contribution in [0, 0.1) is 5.92 Å². The summed E-state index contributed by atoms with van der Waals surface area (Å²) in [5, 5.41) is 0.261. The van der Waals surface area contributed by atoms with Gasteiger partial charge in [-0.25, -0.2) is 0 Å². The molecular formula is C24H35NOSi. The predicted molar refractivity (Wildman–Crippen MR) is 118 cm³/mol. The monoisotopic (exact) mass is 381 g/mol. The van der Waals surface area contributed by atoms with Gasteiger partial charge < -0.3 is 4.43 Å². The standard InChI is InChI=1S/C24H35NOSi/c1-24(2,3)27(4,5)26-19-22-17-25(16-20-12-8-6-9-13-20)18-23(22)21-14-10-7-11-15-21/h6-15,22-23H,16-19H2,1-5H3/t22-,23-/m1/s1. The zero-order valence-electron chi connectivity index (χ0n) is 17.6. The molecule has 27 heavy (non-hydrogen) atoms. The van der Waals surface area contributed by atoms with Crippen LogP contribution in [0.4, 0.5) is 0 Å². The zero-order chi connectivity index (χ0) is 19.5. The van der Waals surface area contributed by atoms with Crippen molar-refractivity contribution in [1.82, 2.24) is 4.90 Å². The van der Waals surface area contributed by atoms with Crippen molar-refractivity contribution >= 4 is 8.32 Å². The van der Waals surface area contributed by atoms with E-state index in [1.807, 2.05) is 0 Å². The van der Waals surface area contributed by atoms with Crippen molar-refractivity contribution in [3.05, 3.63) is 71.8 Å². The van der Waals surface area contributed by atoms with Gasteiger partial charge in [-0.15, -0.1) is 0 Å². The van der Waals surface area contributed by atoms with Crippen molar-refractivity contribution in [3.63, 3.8) is 0 Å². The van der Waals surface area contributed by atoms with Crippen LogP contribution in [-0.2, 0) is 11.0 Å². The molecule has 1 heterocycles. The molecular weight excluding hydrogens is 346 g/mol. The van der Waals surface area contributed by atoms with E-state index in [1.165, 1.54) is 11.1 Å². The summed E-state index contributed by atoms with van der Waals surface area (Å²) in [6, 6.07) is 21.9. The molecule has 0 saturated carbocycles. The van der Waals surface area contributed by atoms with Crippen LogP contribution in [0.5, 0.6) is 0 Å². The second-order valence-corrected chi connectivity index (χ2v) is 14.3. The second kappa shape index (κ2) is 8.30. The van der Waals surface area contributed by atoms with E-state index in [0.717, 1.165) is 26.2 Å². The Labute approximate surface area is 166 Å². The van der Waals surface area contributed by atoms with E-state index in [0.29, 0.717) is 11.8 Å². The molecule has 0 spiro atoms. The largest absolute Gasteiger partial charge is 0.416 e. The Bertz CT molecular complexity index is 708. The lowest BCUT2D eigenvalue weighted by Gasteiger charge is -2.37. The average Bonchev–Trinajstić information content (AvgIpc) is 3.03. The topological polar surface area (TPSA) is 12.5 Å². The minimum Gasteiger partial charge on any atom is -0.416 e. The summed E-state index contributed by atoms with van der Waals surface area (Å²) in [6.45, 7) is 15.8. The molecule has 3 rings (SSSR count). The molecule has 0 N–H and O–H groups in total. The molecule has 1 aliphatic rings. The van der Waals surface area contributed by atoms with Gasteiger partial charge in [-0.2, -0.15) is 0 Å². The van der Waals surface area contributed by atoms with Gasteiger partial charge in [0.05, 0.1) is 0 Å².